The Morgan fingerprint density at radius 2 is 2.05 bits per heavy atom. The smallest absolute Gasteiger partial charge is 0.267 e. The largest absolute Gasteiger partial charge is 0.364 e. The van der Waals surface area contributed by atoms with E-state index in [4.69, 9.17) is 5.73 Å². The third-order valence-electron chi connectivity index (χ3n) is 3.46. The average molecular weight is 271 g/mol. The quantitative estimate of drug-likeness (QED) is 0.872. The summed E-state index contributed by atoms with van der Waals surface area (Å²) in [6, 6.07) is 7.93. The van der Waals surface area contributed by atoms with Crippen molar-refractivity contribution < 1.29 is 9.18 Å². The van der Waals surface area contributed by atoms with Gasteiger partial charge in [0, 0.05) is 6.54 Å². The Labute approximate surface area is 115 Å². The number of hydrogen-bond acceptors (Lipinski definition) is 3. The molecular weight excluding hydrogens is 257 g/mol. The monoisotopic (exact) mass is 271 g/mol. The first kappa shape index (κ1) is 12.7. The van der Waals surface area contributed by atoms with E-state index in [9.17, 15) is 9.18 Å². The number of nitrogens with zero attached hydrogens (tertiary/aromatic N) is 1. The van der Waals surface area contributed by atoms with Crippen molar-refractivity contribution in [2.75, 3.05) is 6.54 Å². The van der Waals surface area contributed by atoms with E-state index in [1.54, 1.807) is 18.2 Å². The second-order valence-electron chi connectivity index (χ2n) is 4.78. The van der Waals surface area contributed by atoms with Crippen LogP contribution in [-0.2, 0) is 13.0 Å². The van der Waals surface area contributed by atoms with Gasteiger partial charge in [0.1, 0.15) is 11.5 Å². The van der Waals surface area contributed by atoms with Gasteiger partial charge in [-0.15, -0.1) is 0 Å². The number of hydrogen-bond donors (Lipinski definition) is 2. The molecule has 1 amide bonds. The molecular formula is C15H14FN3O. The molecule has 2 aromatic rings. The molecule has 0 spiro atoms. The lowest BCUT2D eigenvalue weighted by Crippen LogP contribution is -2.27. The minimum Gasteiger partial charge on any atom is -0.364 e. The van der Waals surface area contributed by atoms with E-state index in [1.807, 2.05) is 0 Å². The molecule has 102 valence electrons. The van der Waals surface area contributed by atoms with Crippen LogP contribution in [-0.4, -0.2) is 17.4 Å². The molecule has 0 saturated carbocycles. The maximum absolute atomic E-state index is 13.1. The summed E-state index contributed by atoms with van der Waals surface area (Å²) < 4.78 is 13.1. The van der Waals surface area contributed by atoms with Gasteiger partial charge in [-0.3, -0.25) is 4.79 Å². The summed E-state index contributed by atoms with van der Waals surface area (Å²) in [5.74, 6) is -0.838. The number of nitrogens with two attached hydrogens (primary N) is 1. The zero-order chi connectivity index (χ0) is 14.1. The molecule has 0 aliphatic carbocycles. The predicted octanol–water partition coefficient (Wildman–Crippen LogP) is 1.63. The molecule has 1 aromatic carbocycles. The first-order chi connectivity index (χ1) is 9.65. The van der Waals surface area contributed by atoms with E-state index in [0.29, 0.717) is 6.54 Å². The second kappa shape index (κ2) is 5.02. The maximum atomic E-state index is 13.1. The second-order valence-corrected chi connectivity index (χ2v) is 4.78. The Bertz CT molecular complexity index is 668. The number of amides is 1. The number of aromatic nitrogens is 1. The molecule has 20 heavy (non-hydrogen) atoms. The number of rotatable bonds is 2. The summed E-state index contributed by atoms with van der Waals surface area (Å²) in [5.41, 5.74) is 9.29. The number of pyridine rings is 1. The average Bonchev–Trinajstić information content (AvgIpc) is 2.47. The topological polar surface area (TPSA) is 68.0 Å². The van der Waals surface area contributed by atoms with Crippen LogP contribution < -0.4 is 11.1 Å². The van der Waals surface area contributed by atoms with Crippen LogP contribution in [0.5, 0.6) is 0 Å². The van der Waals surface area contributed by atoms with Crippen molar-refractivity contribution in [3.05, 3.63) is 53.1 Å². The molecule has 0 saturated heterocycles. The SMILES string of the molecule is NC(=O)c1cc(-c2ccc(F)cc2)c2c(n1)CNCC2. The molecule has 0 unspecified atom stereocenters. The number of nitrogens with one attached hydrogen (secondary N) is 1. The van der Waals surface area contributed by atoms with Gasteiger partial charge in [-0.05, 0) is 47.9 Å². The van der Waals surface area contributed by atoms with Crippen molar-refractivity contribution in [3.8, 4) is 11.1 Å². The number of benzene rings is 1. The minimum atomic E-state index is -0.554. The molecule has 0 bridgehead atoms. The maximum Gasteiger partial charge on any atom is 0.267 e. The van der Waals surface area contributed by atoms with Gasteiger partial charge in [-0.1, -0.05) is 12.1 Å². The van der Waals surface area contributed by atoms with Crippen LogP contribution >= 0.6 is 0 Å². The predicted molar refractivity (Wildman–Crippen MR) is 73.6 cm³/mol. The van der Waals surface area contributed by atoms with Crippen LogP contribution in [0.3, 0.4) is 0 Å². The fourth-order valence-corrected chi connectivity index (χ4v) is 2.48. The molecule has 0 radical (unpaired) electrons. The Balaban J connectivity index is 2.19. The van der Waals surface area contributed by atoms with Gasteiger partial charge >= 0.3 is 0 Å². The van der Waals surface area contributed by atoms with Gasteiger partial charge in [0.05, 0.1) is 5.69 Å². The zero-order valence-corrected chi connectivity index (χ0v) is 10.8. The lowest BCUT2D eigenvalue weighted by Gasteiger charge is -2.20. The minimum absolute atomic E-state index is 0.242. The van der Waals surface area contributed by atoms with Gasteiger partial charge < -0.3 is 11.1 Å². The van der Waals surface area contributed by atoms with E-state index in [1.165, 1.54) is 12.1 Å². The molecule has 1 aromatic heterocycles. The zero-order valence-electron chi connectivity index (χ0n) is 10.8. The normalized spacial score (nSPS) is 13.8. The molecule has 5 heteroatoms. The summed E-state index contributed by atoms with van der Waals surface area (Å²) in [5, 5.41) is 3.22. The van der Waals surface area contributed by atoms with E-state index in [-0.39, 0.29) is 11.5 Å². The van der Waals surface area contributed by atoms with Crippen molar-refractivity contribution in [3.63, 3.8) is 0 Å². The number of halogens is 1. The highest BCUT2D eigenvalue weighted by Crippen LogP contribution is 2.28. The standard InChI is InChI=1S/C15H14FN3O/c16-10-3-1-9(2-4-10)12-7-13(15(17)20)19-14-8-18-6-5-11(12)14/h1-4,7,18H,5-6,8H2,(H2,17,20). The van der Waals surface area contributed by atoms with Crippen LogP contribution in [0.25, 0.3) is 11.1 Å². The highest BCUT2D eigenvalue weighted by molar-refractivity contribution is 5.92. The summed E-state index contributed by atoms with van der Waals surface area (Å²) in [6.45, 7) is 1.48. The van der Waals surface area contributed by atoms with Crippen LogP contribution in [0, 0.1) is 5.82 Å². The Kier molecular flexibility index (Phi) is 3.20. The van der Waals surface area contributed by atoms with Crippen molar-refractivity contribution in [2.24, 2.45) is 5.73 Å². The van der Waals surface area contributed by atoms with Gasteiger partial charge in [-0.25, -0.2) is 9.37 Å². The van der Waals surface area contributed by atoms with Crippen molar-refractivity contribution >= 4 is 5.91 Å². The number of carbonyl (C=O) groups excluding carboxylic acids is 1. The fourth-order valence-electron chi connectivity index (χ4n) is 2.48. The number of fused-ring (bicyclic) bond motifs is 1. The number of carbonyl (C=O) groups is 1. The lowest BCUT2D eigenvalue weighted by atomic mass is 9.94. The van der Waals surface area contributed by atoms with Crippen molar-refractivity contribution in [1.82, 2.24) is 10.3 Å². The van der Waals surface area contributed by atoms with Gasteiger partial charge in [-0.2, -0.15) is 0 Å². The third kappa shape index (κ3) is 2.28. The molecule has 0 fully saturated rings. The van der Waals surface area contributed by atoms with E-state index >= 15 is 0 Å². The van der Waals surface area contributed by atoms with Gasteiger partial charge in [0.2, 0.25) is 0 Å². The van der Waals surface area contributed by atoms with Crippen LogP contribution in [0.4, 0.5) is 4.39 Å². The van der Waals surface area contributed by atoms with Gasteiger partial charge in [0.25, 0.3) is 5.91 Å². The molecule has 2 heterocycles. The van der Waals surface area contributed by atoms with E-state index in [0.717, 1.165) is 35.3 Å². The van der Waals surface area contributed by atoms with Crippen molar-refractivity contribution in [2.45, 2.75) is 13.0 Å². The summed E-state index contributed by atoms with van der Waals surface area (Å²) in [6.07, 6.45) is 0.827. The summed E-state index contributed by atoms with van der Waals surface area (Å²) in [7, 11) is 0. The molecule has 3 rings (SSSR count). The lowest BCUT2D eigenvalue weighted by molar-refractivity contribution is 0.0995. The summed E-state index contributed by atoms with van der Waals surface area (Å²) in [4.78, 5) is 15.7. The number of primary amides is 1. The molecule has 4 nitrogen and oxygen atoms in total. The molecule has 1 aliphatic heterocycles. The first-order valence-corrected chi connectivity index (χ1v) is 6.44. The third-order valence-corrected chi connectivity index (χ3v) is 3.46. The molecule has 3 N–H and O–H groups in total. The highest BCUT2D eigenvalue weighted by atomic mass is 19.1. The van der Waals surface area contributed by atoms with E-state index < -0.39 is 5.91 Å². The Morgan fingerprint density at radius 1 is 1.30 bits per heavy atom. The first-order valence-electron chi connectivity index (χ1n) is 6.44. The fraction of sp³-hybridized carbons (Fsp3) is 0.200. The Morgan fingerprint density at radius 3 is 2.75 bits per heavy atom. The van der Waals surface area contributed by atoms with Gasteiger partial charge in [0.15, 0.2) is 0 Å². The van der Waals surface area contributed by atoms with Crippen LogP contribution in [0.1, 0.15) is 21.7 Å². The van der Waals surface area contributed by atoms with Crippen LogP contribution in [0.2, 0.25) is 0 Å². The van der Waals surface area contributed by atoms with E-state index in [2.05, 4.69) is 10.3 Å². The molecule has 1 aliphatic rings. The molecule has 0 atom stereocenters. The van der Waals surface area contributed by atoms with Crippen LogP contribution in [0.15, 0.2) is 30.3 Å². The Hall–Kier alpha value is -2.27. The summed E-state index contributed by atoms with van der Waals surface area (Å²) >= 11 is 0. The highest BCUT2D eigenvalue weighted by Gasteiger charge is 2.18. The van der Waals surface area contributed by atoms with Crippen molar-refractivity contribution in [1.29, 1.82) is 0 Å².